The highest BCUT2D eigenvalue weighted by Crippen LogP contribution is 2.13. The molecule has 2 rings (SSSR count). The van der Waals surface area contributed by atoms with Crippen LogP contribution in [0.5, 0.6) is 5.75 Å². The number of carbonyl (C=O) groups excluding carboxylic acids is 1. The van der Waals surface area contributed by atoms with Crippen molar-refractivity contribution in [2.45, 2.75) is 18.2 Å². The molecule has 3 nitrogen and oxygen atoms in total. The van der Waals surface area contributed by atoms with E-state index >= 15 is 0 Å². The van der Waals surface area contributed by atoms with E-state index in [1.54, 1.807) is 7.11 Å². The molecular weight excluding hydrogens is 282 g/mol. The van der Waals surface area contributed by atoms with E-state index < -0.39 is 0 Å². The van der Waals surface area contributed by atoms with Crippen LogP contribution in [0.3, 0.4) is 0 Å². The van der Waals surface area contributed by atoms with Crippen LogP contribution in [0.25, 0.3) is 0 Å². The van der Waals surface area contributed by atoms with Crippen molar-refractivity contribution in [3.63, 3.8) is 0 Å². The molecule has 4 heteroatoms. The molecule has 1 unspecified atom stereocenters. The maximum atomic E-state index is 12.1. The highest BCUT2D eigenvalue weighted by atomic mass is 32.1. The monoisotopic (exact) mass is 301 g/mol. The normalized spacial score (nSPS) is 11.7. The minimum absolute atomic E-state index is 0.0648. The van der Waals surface area contributed by atoms with Crippen LogP contribution in [-0.4, -0.2) is 18.3 Å². The molecule has 1 atom stereocenters. The topological polar surface area (TPSA) is 38.3 Å². The molecule has 0 aliphatic rings. The summed E-state index contributed by atoms with van der Waals surface area (Å²) in [7, 11) is 1.63. The fourth-order valence-electron chi connectivity index (χ4n) is 2.02. The molecule has 1 N–H and O–H groups in total. The summed E-state index contributed by atoms with van der Waals surface area (Å²) in [5, 5.41) is 2.55. The zero-order valence-electron chi connectivity index (χ0n) is 12.0. The number of amides is 1. The Morgan fingerprint density at radius 3 is 2.57 bits per heavy atom. The van der Waals surface area contributed by atoms with Gasteiger partial charge < -0.3 is 10.1 Å². The van der Waals surface area contributed by atoms with Crippen LogP contribution >= 0.6 is 12.6 Å². The van der Waals surface area contributed by atoms with Gasteiger partial charge in [0.05, 0.1) is 12.4 Å². The molecule has 0 aliphatic heterocycles. The first kappa shape index (κ1) is 15.4. The number of hydrogen-bond donors (Lipinski definition) is 2. The van der Waals surface area contributed by atoms with E-state index in [9.17, 15) is 4.79 Å². The Labute approximate surface area is 130 Å². The van der Waals surface area contributed by atoms with Gasteiger partial charge >= 0.3 is 0 Å². The fourth-order valence-corrected chi connectivity index (χ4v) is 2.32. The summed E-state index contributed by atoms with van der Waals surface area (Å²) in [5.41, 5.74) is 2.11. The van der Waals surface area contributed by atoms with Gasteiger partial charge in [0.1, 0.15) is 5.75 Å². The second kappa shape index (κ2) is 7.74. The lowest BCUT2D eigenvalue weighted by atomic mass is 10.1. The van der Waals surface area contributed by atoms with Gasteiger partial charge in [0, 0.05) is 6.54 Å². The van der Waals surface area contributed by atoms with Crippen molar-refractivity contribution in [1.82, 2.24) is 5.32 Å². The van der Waals surface area contributed by atoms with Crippen molar-refractivity contribution < 1.29 is 9.53 Å². The van der Waals surface area contributed by atoms with Gasteiger partial charge in [-0.15, -0.1) is 0 Å². The molecule has 21 heavy (non-hydrogen) atoms. The molecule has 0 saturated heterocycles. The SMILES string of the molecule is COc1cccc(CNC(=O)C(S)Cc2ccccc2)c1. The molecule has 0 aliphatic carbocycles. The molecule has 0 spiro atoms. The molecular formula is C17H19NO2S. The van der Waals surface area contributed by atoms with Gasteiger partial charge in [-0.2, -0.15) is 12.6 Å². The largest absolute Gasteiger partial charge is 0.497 e. The van der Waals surface area contributed by atoms with E-state index in [1.807, 2.05) is 54.6 Å². The first-order valence-electron chi connectivity index (χ1n) is 6.81. The van der Waals surface area contributed by atoms with E-state index in [-0.39, 0.29) is 11.2 Å². The Hall–Kier alpha value is -1.94. The van der Waals surface area contributed by atoms with Crippen LogP contribution in [0.2, 0.25) is 0 Å². The van der Waals surface area contributed by atoms with Crippen LogP contribution < -0.4 is 10.1 Å². The van der Waals surface area contributed by atoms with Crippen LogP contribution in [0.1, 0.15) is 11.1 Å². The zero-order valence-corrected chi connectivity index (χ0v) is 12.8. The number of hydrogen-bond acceptors (Lipinski definition) is 3. The van der Waals surface area contributed by atoms with Gasteiger partial charge in [0.15, 0.2) is 0 Å². The molecule has 1 amide bonds. The van der Waals surface area contributed by atoms with E-state index in [1.165, 1.54) is 0 Å². The fraction of sp³-hybridized carbons (Fsp3) is 0.235. The van der Waals surface area contributed by atoms with Crippen LogP contribution in [-0.2, 0) is 17.8 Å². The Balaban J connectivity index is 1.86. The molecule has 110 valence electrons. The summed E-state index contributed by atoms with van der Waals surface area (Å²) in [6.07, 6.45) is 0.619. The van der Waals surface area contributed by atoms with Crippen LogP contribution in [0, 0.1) is 0 Å². The van der Waals surface area contributed by atoms with Gasteiger partial charge in [0.25, 0.3) is 0 Å². The third kappa shape index (κ3) is 4.83. The van der Waals surface area contributed by atoms with E-state index in [0.717, 1.165) is 16.9 Å². The molecule has 2 aromatic rings. The van der Waals surface area contributed by atoms with Crippen molar-refractivity contribution >= 4 is 18.5 Å². The standard InChI is InChI=1S/C17H19NO2S/c1-20-15-9-5-8-14(10-15)12-18-17(19)16(21)11-13-6-3-2-4-7-13/h2-10,16,21H,11-12H2,1H3,(H,18,19). The number of methoxy groups -OCH3 is 1. The first-order valence-corrected chi connectivity index (χ1v) is 7.33. The summed E-state index contributed by atoms with van der Waals surface area (Å²) >= 11 is 4.38. The Bertz CT molecular complexity index is 586. The first-order chi connectivity index (χ1) is 10.2. The van der Waals surface area contributed by atoms with Crippen molar-refractivity contribution in [2.75, 3.05) is 7.11 Å². The number of ether oxygens (including phenoxy) is 1. The second-order valence-corrected chi connectivity index (χ2v) is 5.40. The lowest BCUT2D eigenvalue weighted by Gasteiger charge is -2.12. The predicted octanol–water partition coefficient (Wildman–Crippen LogP) is 2.85. The molecule has 0 saturated carbocycles. The number of thiol groups is 1. The average Bonchev–Trinajstić information content (AvgIpc) is 2.53. The van der Waals surface area contributed by atoms with Crippen LogP contribution in [0.4, 0.5) is 0 Å². The molecule has 0 heterocycles. The Kier molecular flexibility index (Phi) is 5.69. The van der Waals surface area contributed by atoms with Gasteiger partial charge in [0.2, 0.25) is 5.91 Å². The Morgan fingerprint density at radius 2 is 1.86 bits per heavy atom. The average molecular weight is 301 g/mol. The summed E-state index contributed by atoms with van der Waals surface area (Å²) in [6.45, 7) is 0.474. The number of carbonyl (C=O) groups is 1. The maximum absolute atomic E-state index is 12.1. The number of benzene rings is 2. The minimum Gasteiger partial charge on any atom is -0.497 e. The highest BCUT2D eigenvalue weighted by molar-refractivity contribution is 7.81. The van der Waals surface area contributed by atoms with Crippen molar-refractivity contribution in [3.05, 3.63) is 65.7 Å². The van der Waals surface area contributed by atoms with Gasteiger partial charge in [-0.05, 0) is 29.7 Å². The maximum Gasteiger partial charge on any atom is 0.233 e. The molecule has 0 fully saturated rings. The predicted molar refractivity (Wildman–Crippen MR) is 87.8 cm³/mol. The third-order valence-electron chi connectivity index (χ3n) is 3.18. The van der Waals surface area contributed by atoms with E-state index in [4.69, 9.17) is 4.74 Å². The highest BCUT2D eigenvalue weighted by Gasteiger charge is 2.14. The smallest absolute Gasteiger partial charge is 0.233 e. The summed E-state index contributed by atoms with van der Waals surface area (Å²) in [6, 6.07) is 17.5. The van der Waals surface area contributed by atoms with Crippen molar-refractivity contribution in [3.8, 4) is 5.75 Å². The zero-order chi connectivity index (χ0) is 15.1. The van der Waals surface area contributed by atoms with E-state index in [2.05, 4.69) is 17.9 Å². The number of rotatable bonds is 6. The third-order valence-corrected chi connectivity index (χ3v) is 3.59. The summed E-state index contributed by atoms with van der Waals surface area (Å²) in [5.74, 6) is 0.721. The van der Waals surface area contributed by atoms with Gasteiger partial charge in [-0.3, -0.25) is 4.79 Å². The summed E-state index contributed by atoms with van der Waals surface area (Å²) in [4.78, 5) is 12.1. The van der Waals surface area contributed by atoms with Crippen LogP contribution in [0.15, 0.2) is 54.6 Å². The van der Waals surface area contributed by atoms with E-state index in [0.29, 0.717) is 13.0 Å². The molecule has 0 radical (unpaired) electrons. The van der Waals surface area contributed by atoms with Crippen molar-refractivity contribution in [1.29, 1.82) is 0 Å². The molecule has 0 aromatic heterocycles. The minimum atomic E-state index is -0.349. The van der Waals surface area contributed by atoms with Crippen molar-refractivity contribution in [2.24, 2.45) is 0 Å². The summed E-state index contributed by atoms with van der Waals surface area (Å²) < 4.78 is 5.16. The second-order valence-electron chi connectivity index (χ2n) is 4.77. The number of nitrogens with one attached hydrogen (secondary N) is 1. The molecule has 0 bridgehead atoms. The van der Waals surface area contributed by atoms with Gasteiger partial charge in [-0.1, -0.05) is 42.5 Å². The lowest BCUT2D eigenvalue weighted by Crippen LogP contribution is -2.32. The molecule has 2 aromatic carbocycles. The van der Waals surface area contributed by atoms with Gasteiger partial charge in [-0.25, -0.2) is 0 Å². The lowest BCUT2D eigenvalue weighted by molar-refractivity contribution is -0.120. The Morgan fingerprint density at radius 1 is 1.14 bits per heavy atom. The quantitative estimate of drug-likeness (QED) is 0.805.